The number of carbonyl (C=O) groups is 1. The van der Waals surface area contributed by atoms with Crippen LogP contribution in [0.3, 0.4) is 0 Å². The Morgan fingerprint density at radius 1 is 1.09 bits per heavy atom. The Morgan fingerprint density at radius 3 is 2.60 bits per heavy atom. The molecule has 1 aliphatic rings. The van der Waals surface area contributed by atoms with Crippen LogP contribution in [0, 0.1) is 5.82 Å². The van der Waals surface area contributed by atoms with Crippen LogP contribution in [-0.2, 0) is 11.3 Å². The summed E-state index contributed by atoms with van der Waals surface area (Å²) in [5.41, 5.74) is 0.996. The van der Waals surface area contributed by atoms with Gasteiger partial charge in [-0.1, -0.05) is 35.1 Å². The number of benzene rings is 2. The summed E-state index contributed by atoms with van der Waals surface area (Å²) in [6.45, 7) is 3.18. The third kappa shape index (κ3) is 5.72. The van der Waals surface area contributed by atoms with Gasteiger partial charge in [0, 0.05) is 54.3 Å². The normalized spacial score (nSPS) is 14.5. The molecule has 4 aromatic rings. The summed E-state index contributed by atoms with van der Waals surface area (Å²) >= 11 is 8.66. The van der Waals surface area contributed by atoms with E-state index in [4.69, 9.17) is 11.6 Å². The predicted octanol–water partition coefficient (Wildman–Crippen LogP) is 4.05. The minimum atomic E-state index is -0.357. The Balaban J connectivity index is 1.19. The molecule has 1 fully saturated rings. The number of hydrogen-bond acceptors (Lipinski definition) is 7. The van der Waals surface area contributed by atoms with Crippen LogP contribution in [0.1, 0.15) is 5.69 Å². The van der Waals surface area contributed by atoms with Gasteiger partial charge in [0.2, 0.25) is 10.9 Å². The van der Waals surface area contributed by atoms with Crippen molar-refractivity contribution < 1.29 is 9.18 Å². The Hall–Kier alpha value is -2.79. The first-order valence-corrected chi connectivity index (χ1v) is 13.2. The first kappa shape index (κ1) is 23.9. The van der Waals surface area contributed by atoms with E-state index in [1.165, 1.54) is 45.8 Å². The van der Waals surface area contributed by atoms with Crippen molar-refractivity contribution in [3.8, 4) is 10.6 Å². The van der Waals surface area contributed by atoms with Crippen LogP contribution in [0.4, 0.5) is 4.39 Å². The van der Waals surface area contributed by atoms with Crippen molar-refractivity contribution in [2.75, 3.05) is 31.9 Å². The second-order valence-electron chi connectivity index (χ2n) is 8.10. The maximum Gasteiger partial charge on any atom is 0.275 e. The highest BCUT2D eigenvalue weighted by atomic mass is 35.5. The lowest BCUT2D eigenvalue weighted by molar-refractivity contribution is -0.130. The Morgan fingerprint density at radius 2 is 1.86 bits per heavy atom. The summed E-state index contributed by atoms with van der Waals surface area (Å²) in [5.74, 6) is 0.135. The molecule has 0 aliphatic carbocycles. The maximum absolute atomic E-state index is 13.6. The van der Waals surface area contributed by atoms with Crippen LogP contribution < -0.4 is 5.56 Å². The van der Waals surface area contributed by atoms with E-state index in [0.29, 0.717) is 64.7 Å². The first-order chi connectivity index (χ1) is 16.9. The fourth-order valence-corrected chi connectivity index (χ4v) is 5.67. The Kier molecular flexibility index (Phi) is 7.14. The number of rotatable bonds is 6. The van der Waals surface area contributed by atoms with Gasteiger partial charge in [-0.3, -0.25) is 14.5 Å². The number of hydrogen-bond donors (Lipinski definition) is 0. The van der Waals surface area contributed by atoms with Gasteiger partial charge in [0.05, 0.1) is 11.4 Å². The fraction of sp³-hybridized carbons (Fsp3) is 0.250. The topological polar surface area (TPSA) is 70.8 Å². The quantitative estimate of drug-likeness (QED) is 0.351. The highest BCUT2D eigenvalue weighted by Gasteiger charge is 2.22. The molecule has 1 saturated heterocycles. The van der Waals surface area contributed by atoms with Crippen molar-refractivity contribution in [3.63, 3.8) is 0 Å². The maximum atomic E-state index is 13.6. The lowest BCUT2D eigenvalue weighted by atomic mass is 10.2. The molecule has 5 rings (SSSR count). The van der Waals surface area contributed by atoms with Crippen LogP contribution >= 0.6 is 34.7 Å². The van der Waals surface area contributed by atoms with Gasteiger partial charge in [0.15, 0.2) is 0 Å². The summed E-state index contributed by atoms with van der Waals surface area (Å²) < 4.78 is 14.8. The molecule has 180 valence electrons. The first-order valence-electron chi connectivity index (χ1n) is 11.0. The molecule has 0 saturated carbocycles. The van der Waals surface area contributed by atoms with Gasteiger partial charge in [-0.15, -0.1) is 11.8 Å². The van der Waals surface area contributed by atoms with Crippen molar-refractivity contribution in [2.45, 2.75) is 11.4 Å². The van der Waals surface area contributed by atoms with Gasteiger partial charge in [0.25, 0.3) is 5.56 Å². The molecule has 1 aliphatic heterocycles. The molecule has 7 nitrogen and oxygen atoms in total. The van der Waals surface area contributed by atoms with E-state index in [0.717, 1.165) is 4.90 Å². The van der Waals surface area contributed by atoms with Crippen LogP contribution in [0.2, 0.25) is 5.02 Å². The number of thioether (sulfide) groups is 1. The van der Waals surface area contributed by atoms with Crippen LogP contribution in [0.5, 0.6) is 0 Å². The standard InChI is InChI=1S/C24H21ClFN5O2S2/c25-17-4-6-20(7-5-17)34-15-22(33)30-10-8-29(9-11-30)14-19-13-21(32)31-24(27-19)35-23(28-31)16-2-1-3-18(26)12-16/h1-7,12-13H,8-11,14-15H2. The zero-order valence-corrected chi connectivity index (χ0v) is 21.0. The molecular formula is C24H21ClFN5O2S2. The second kappa shape index (κ2) is 10.4. The molecule has 2 aromatic carbocycles. The zero-order chi connectivity index (χ0) is 24.4. The van der Waals surface area contributed by atoms with E-state index in [1.54, 1.807) is 12.1 Å². The van der Waals surface area contributed by atoms with Crippen molar-refractivity contribution in [3.05, 3.63) is 81.5 Å². The number of amides is 1. The minimum Gasteiger partial charge on any atom is -0.339 e. The largest absolute Gasteiger partial charge is 0.339 e. The highest BCUT2D eigenvalue weighted by molar-refractivity contribution is 8.00. The van der Waals surface area contributed by atoms with E-state index in [-0.39, 0.29) is 17.3 Å². The van der Waals surface area contributed by atoms with Gasteiger partial charge in [-0.2, -0.15) is 9.61 Å². The predicted molar refractivity (Wildman–Crippen MR) is 137 cm³/mol. The molecule has 2 aromatic heterocycles. The van der Waals surface area contributed by atoms with Crippen LogP contribution in [0.15, 0.2) is 64.3 Å². The van der Waals surface area contributed by atoms with Gasteiger partial charge in [-0.25, -0.2) is 9.37 Å². The molecule has 0 bridgehead atoms. The fourth-order valence-electron chi connectivity index (χ4n) is 3.83. The number of nitrogens with zero attached hydrogens (tertiary/aromatic N) is 5. The molecule has 35 heavy (non-hydrogen) atoms. The highest BCUT2D eigenvalue weighted by Crippen LogP contribution is 2.25. The third-order valence-electron chi connectivity index (χ3n) is 5.66. The van der Waals surface area contributed by atoms with Gasteiger partial charge < -0.3 is 4.90 Å². The molecule has 1 amide bonds. The lowest BCUT2D eigenvalue weighted by Gasteiger charge is -2.34. The third-order valence-corrected chi connectivity index (χ3v) is 7.86. The summed E-state index contributed by atoms with van der Waals surface area (Å²) in [6.07, 6.45) is 0. The van der Waals surface area contributed by atoms with Crippen LogP contribution in [0.25, 0.3) is 15.5 Å². The second-order valence-corrected chi connectivity index (χ2v) is 10.5. The van der Waals surface area contributed by atoms with E-state index in [9.17, 15) is 14.0 Å². The van der Waals surface area contributed by atoms with Crippen molar-refractivity contribution in [1.29, 1.82) is 0 Å². The molecule has 0 N–H and O–H groups in total. The SMILES string of the molecule is O=C(CSc1ccc(Cl)cc1)N1CCN(Cc2cc(=O)n3nc(-c4cccc(F)c4)sc3n2)CC1. The average molecular weight is 530 g/mol. The van der Waals surface area contributed by atoms with Gasteiger partial charge >= 0.3 is 0 Å². The van der Waals surface area contributed by atoms with Crippen molar-refractivity contribution in [2.24, 2.45) is 0 Å². The van der Waals surface area contributed by atoms with Gasteiger partial charge in [-0.05, 0) is 36.4 Å². The Labute approximate surface area is 214 Å². The van der Waals surface area contributed by atoms with Crippen LogP contribution in [-0.4, -0.2) is 62.2 Å². The smallest absolute Gasteiger partial charge is 0.275 e. The van der Waals surface area contributed by atoms with Gasteiger partial charge in [0.1, 0.15) is 10.8 Å². The molecule has 0 unspecified atom stereocenters. The molecule has 0 spiro atoms. The zero-order valence-electron chi connectivity index (χ0n) is 18.6. The Bertz CT molecular complexity index is 1420. The molecule has 0 radical (unpaired) electrons. The lowest BCUT2D eigenvalue weighted by Crippen LogP contribution is -2.49. The number of halogens is 2. The van der Waals surface area contributed by atoms with E-state index >= 15 is 0 Å². The number of aromatic nitrogens is 3. The summed E-state index contributed by atoms with van der Waals surface area (Å²) in [5, 5.41) is 5.52. The summed E-state index contributed by atoms with van der Waals surface area (Å²) in [7, 11) is 0. The monoisotopic (exact) mass is 529 g/mol. The number of fused-ring (bicyclic) bond motifs is 1. The summed E-state index contributed by atoms with van der Waals surface area (Å²) in [4.78, 5) is 35.4. The molecule has 0 atom stereocenters. The number of piperazine rings is 1. The van der Waals surface area contributed by atoms with E-state index < -0.39 is 0 Å². The van der Waals surface area contributed by atoms with E-state index in [2.05, 4.69) is 15.0 Å². The summed E-state index contributed by atoms with van der Waals surface area (Å²) in [6, 6.07) is 15.1. The molecular weight excluding hydrogens is 509 g/mol. The van der Waals surface area contributed by atoms with Crippen molar-refractivity contribution in [1.82, 2.24) is 24.4 Å². The van der Waals surface area contributed by atoms with Crippen molar-refractivity contribution >= 4 is 45.6 Å². The molecule has 3 heterocycles. The molecule has 11 heteroatoms. The average Bonchev–Trinajstić information content (AvgIpc) is 3.29. The minimum absolute atomic E-state index is 0.108. The van der Waals surface area contributed by atoms with E-state index in [1.807, 2.05) is 29.2 Å². The number of carbonyl (C=O) groups excluding carboxylic acids is 1.